The van der Waals surface area contributed by atoms with Crippen molar-refractivity contribution >= 4 is 26.6 Å². The van der Waals surface area contributed by atoms with Crippen molar-refractivity contribution in [2.24, 2.45) is 0 Å². The molecule has 0 bridgehead atoms. The second-order valence-electron chi connectivity index (χ2n) is 10.9. The van der Waals surface area contributed by atoms with Gasteiger partial charge in [-0.3, -0.25) is 14.2 Å². The number of carbonyl (C=O) groups is 1. The van der Waals surface area contributed by atoms with E-state index >= 15 is 0 Å². The normalized spacial score (nSPS) is 12.5. The molecule has 1 heterocycles. The Morgan fingerprint density at radius 3 is 2.29 bits per heavy atom. The third kappa shape index (κ3) is 7.41. The van der Waals surface area contributed by atoms with E-state index in [2.05, 4.69) is 0 Å². The van der Waals surface area contributed by atoms with E-state index in [0.29, 0.717) is 35.7 Å². The molecule has 1 aromatic heterocycles. The molecule has 0 saturated heterocycles. The van der Waals surface area contributed by atoms with E-state index in [1.54, 1.807) is 73.7 Å². The average Bonchev–Trinajstić information content (AvgIpc) is 3.06. The van der Waals surface area contributed by atoms with Crippen LogP contribution in [0.25, 0.3) is 16.6 Å². The fourth-order valence-corrected chi connectivity index (χ4v) is 6.60. The summed E-state index contributed by atoms with van der Waals surface area (Å²) in [5.41, 5.74) is -1.40. The Balaban J connectivity index is 1.61. The Morgan fingerprint density at radius 1 is 0.958 bits per heavy atom. The molecular weight excluding hydrogens is 650 g/mol. The maximum Gasteiger partial charge on any atom is 0.419 e. The first-order valence-electron chi connectivity index (χ1n) is 15.0. The van der Waals surface area contributed by atoms with Gasteiger partial charge in [0.05, 0.1) is 51.9 Å². The molecule has 0 radical (unpaired) electrons. The van der Waals surface area contributed by atoms with Crippen LogP contribution in [0.1, 0.15) is 36.8 Å². The number of rotatable bonds is 11. The van der Waals surface area contributed by atoms with Crippen LogP contribution in [0.2, 0.25) is 0 Å². The molecule has 48 heavy (non-hydrogen) atoms. The topological polar surface area (TPSA) is 98.6 Å². The van der Waals surface area contributed by atoms with Crippen LogP contribution in [-0.4, -0.2) is 47.7 Å². The fraction of sp³-hybridized carbons (Fsp3) is 0.229. The second-order valence-corrected chi connectivity index (χ2v) is 13.0. The third-order valence-corrected chi connectivity index (χ3v) is 9.47. The Bertz CT molecular complexity index is 2100. The van der Waals surface area contributed by atoms with Crippen LogP contribution in [0, 0.1) is 5.82 Å². The number of ether oxygens (including phenoxy) is 1. The van der Waals surface area contributed by atoms with Crippen LogP contribution < -0.4 is 10.3 Å². The van der Waals surface area contributed by atoms with Crippen molar-refractivity contribution in [3.8, 4) is 11.4 Å². The molecule has 0 aliphatic carbocycles. The Hall–Kier alpha value is -5.04. The molecule has 0 spiro atoms. The first kappa shape index (κ1) is 34.3. The van der Waals surface area contributed by atoms with E-state index in [1.807, 2.05) is 6.92 Å². The molecular formula is C35H31F4N3O5S. The lowest BCUT2D eigenvalue weighted by molar-refractivity contribution is -0.140. The number of amides is 1. The van der Waals surface area contributed by atoms with Crippen LogP contribution in [-0.2, 0) is 27.2 Å². The largest absolute Gasteiger partial charge is 0.494 e. The maximum absolute atomic E-state index is 14.0. The minimum absolute atomic E-state index is 0.0218. The number of benzene rings is 4. The number of carbonyl (C=O) groups excluding carboxylic acids is 1. The summed E-state index contributed by atoms with van der Waals surface area (Å²) in [6.07, 6.45) is -5.61. The van der Waals surface area contributed by atoms with E-state index in [-0.39, 0.29) is 21.7 Å². The predicted octanol–water partition coefficient (Wildman–Crippen LogP) is 6.55. The van der Waals surface area contributed by atoms with Crippen LogP contribution >= 0.6 is 0 Å². The zero-order valence-corrected chi connectivity index (χ0v) is 26.8. The smallest absolute Gasteiger partial charge is 0.419 e. The highest BCUT2D eigenvalue weighted by molar-refractivity contribution is 7.91. The van der Waals surface area contributed by atoms with Crippen molar-refractivity contribution < 1.29 is 35.5 Å². The SMILES string of the molecule is CCOc1ccc(-n2c([C@@H](C)N(CCS(=O)(=O)c3ccccc3)C(=O)Cc3ccc(F)c(C(F)(F)F)c3)nc3ccccc3c2=O)cc1. The van der Waals surface area contributed by atoms with Crippen LogP contribution in [0.4, 0.5) is 17.6 Å². The standard InChI is InChI=1S/C35H31F4N3O5S/c1-3-47-26-16-14-25(15-17-26)42-33(40-31-12-8-7-11-28(31)34(42)44)23(2)41(19-20-48(45,46)27-9-5-4-6-10-27)32(43)22-24-13-18-30(36)29(21-24)35(37,38)39/h4-18,21,23H,3,19-20,22H2,1-2H3/t23-/m1/s1. The van der Waals surface area contributed by atoms with E-state index in [0.717, 1.165) is 6.07 Å². The Kier molecular flexibility index (Phi) is 9.99. The monoisotopic (exact) mass is 681 g/mol. The van der Waals surface area contributed by atoms with Crippen LogP contribution in [0.15, 0.2) is 107 Å². The van der Waals surface area contributed by atoms with E-state index in [4.69, 9.17) is 9.72 Å². The van der Waals surface area contributed by atoms with Gasteiger partial charge in [-0.25, -0.2) is 17.8 Å². The van der Waals surface area contributed by atoms with Crippen molar-refractivity contribution in [1.29, 1.82) is 0 Å². The summed E-state index contributed by atoms with van der Waals surface area (Å²) in [5.74, 6) is -2.14. The summed E-state index contributed by atoms with van der Waals surface area (Å²) in [4.78, 5) is 33.8. The summed E-state index contributed by atoms with van der Waals surface area (Å²) < 4.78 is 87.9. The zero-order chi connectivity index (χ0) is 34.6. The molecule has 0 aliphatic heterocycles. The lowest BCUT2D eigenvalue weighted by Crippen LogP contribution is -2.40. The van der Waals surface area contributed by atoms with Crippen molar-refractivity contribution in [3.63, 3.8) is 0 Å². The van der Waals surface area contributed by atoms with Crippen molar-refractivity contribution in [2.45, 2.75) is 37.4 Å². The van der Waals surface area contributed by atoms with Gasteiger partial charge in [0.1, 0.15) is 17.4 Å². The first-order valence-corrected chi connectivity index (χ1v) is 16.6. The van der Waals surface area contributed by atoms with Gasteiger partial charge in [0.15, 0.2) is 9.84 Å². The summed E-state index contributed by atoms with van der Waals surface area (Å²) in [6.45, 7) is 3.41. The minimum Gasteiger partial charge on any atom is -0.494 e. The Labute approximate surface area is 274 Å². The average molecular weight is 682 g/mol. The zero-order valence-electron chi connectivity index (χ0n) is 25.9. The molecule has 0 unspecified atom stereocenters. The quantitative estimate of drug-likeness (QED) is 0.147. The highest BCUT2D eigenvalue weighted by atomic mass is 32.2. The number of para-hydroxylation sites is 1. The summed E-state index contributed by atoms with van der Waals surface area (Å²) in [5, 5.41) is 0.290. The molecule has 0 N–H and O–H groups in total. The molecule has 1 atom stereocenters. The van der Waals surface area contributed by atoms with E-state index in [9.17, 15) is 35.6 Å². The first-order chi connectivity index (χ1) is 22.8. The summed E-state index contributed by atoms with van der Waals surface area (Å²) in [7, 11) is -3.92. The van der Waals surface area contributed by atoms with Gasteiger partial charge in [0.25, 0.3) is 5.56 Å². The maximum atomic E-state index is 14.0. The summed E-state index contributed by atoms with van der Waals surface area (Å²) >= 11 is 0. The molecule has 13 heteroatoms. The molecule has 5 rings (SSSR count). The fourth-order valence-electron chi connectivity index (χ4n) is 5.35. The molecule has 0 saturated carbocycles. The van der Waals surface area contributed by atoms with E-state index in [1.165, 1.54) is 21.6 Å². The van der Waals surface area contributed by atoms with Crippen molar-refractivity contribution in [3.05, 3.63) is 130 Å². The van der Waals surface area contributed by atoms with Crippen LogP contribution in [0.3, 0.4) is 0 Å². The summed E-state index contributed by atoms with van der Waals surface area (Å²) in [6, 6.07) is 22.0. The molecule has 250 valence electrons. The van der Waals surface area contributed by atoms with E-state index < -0.39 is 63.6 Å². The molecule has 0 aliphatic rings. The molecule has 1 amide bonds. The lowest BCUT2D eigenvalue weighted by Gasteiger charge is -2.31. The van der Waals surface area contributed by atoms with Crippen molar-refractivity contribution in [2.75, 3.05) is 18.9 Å². The molecule has 0 fully saturated rings. The van der Waals surface area contributed by atoms with Gasteiger partial charge in [-0.1, -0.05) is 36.4 Å². The third-order valence-electron chi connectivity index (χ3n) is 7.76. The number of nitrogens with zero attached hydrogens (tertiary/aromatic N) is 3. The molecule has 8 nitrogen and oxygen atoms in total. The number of halogens is 4. The lowest BCUT2D eigenvalue weighted by atomic mass is 10.1. The Morgan fingerprint density at radius 2 is 1.62 bits per heavy atom. The molecule has 5 aromatic rings. The van der Waals surface area contributed by atoms with Crippen molar-refractivity contribution in [1.82, 2.24) is 14.5 Å². The highest BCUT2D eigenvalue weighted by Crippen LogP contribution is 2.32. The highest BCUT2D eigenvalue weighted by Gasteiger charge is 2.35. The number of hydrogen-bond donors (Lipinski definition) is 0. The number of aromatic nitrogens is 2. The predicted molar refractivity (Wildman–Crippen MR) is 172 cm³/mol. The van der Waals surface area contributed by atoms with Crippen LogP contribution in [0.5, 0.6) is 5.75 Å². The van der Waals surface area contributed by atoms with Gasteiger partial charge in [0, 0.05) is 6.54 Å². The van der Waals surface area contributed by atoms with Gasteiger partial charge in [0.2, 0.25) is 5.91 Å². The van der Waals surface area contributed by atoms with Gasteiger partial charge in [-0.2, -0.15) is 13.2 Å². The number of fused-ring (bicyclic) bond motifs is 1. The minimum atomic E-state index is -5.00. The number of hydrogen-bond acceptors (Lipinski definition) is 6. The van der Waals surface area contributed by atoms with Gasteiger partial charge in [-0.05, 0) is 80.1 Å². The second kappa shape index (κ2) is 14.0. The van der Waals surface area contributed by atoms with Gasteiger partial charge in [-0.15, -0.1) is 0 Å². The molecule has 4 aromatic carbocycles. The van der Waals surface area contributed by atoms with Gasteiger partial charge >= 0.3 is 6.18 Å². The van der Waals surface area contributed by atoms with Gasteiger partial charge < -0.3 is 9.64 Å². The number of sulfone groups is 1. The number of alkyl halides is 3.